The van der Waals surface area contributed by atoms with E-state index in [4.69, 9.17) is 10.5 Å². The zero-order valence-corrected chi connectivity index (χ0v) is 7.93. The lowest BCUT2D eigenvalue weighted by atomic mass is 10.3. The minimum absolute atomic E-state index is 0.122. The van der Waals surface area contributed by atoms with Gasteiger partial charge in [-0.05, 0) is 24.3 Å². The lowest BCUT2D eigenvalue weighted by Crippen LogP contribution is -2.21. The van der Waals surface area contributed by atoms with E-state index in [0.29, 0.717) is 0 Å². The van der Waals surface area contributed by atoms with E-state index in [9.17, 15) is 4.79 Å². The van der Waals surface area contributed by atoms with Gasteiger partial charge in [0.05, 0.1) is 7.11 Å². The smallest absolute Gasteiger partial charge is 0.241 e. The van der Waals surface area contributed by atoms with E-state index in [0.717, 1.165) is 18.0 Å². The molecule has 1 fully saturated rings. The molecule has 0 radical (unpaired) electrons. The van der Waals surface area contributed by atoms with Gasteiger partial charge in [0, 0.05) is 12.2 Å². The van der Waals surface area contributed by atoms with Crippen LogP contribution in [-0.2, 0) is 4.79 Å². The molecule has 1 saturated heterocycles. The molecule has 74 valence electrons. The third-order valence-electron chi connectivity index (χ3n) is 2.34. The van der Waals surface area contributed by atoms with Crippen molar-refractivity contribution in [3.63, 3.8) is 0 Å². The summed E-state index contributed by atoms with van der Waals surface area (Å²) in [6, 6.07) is 7.45. The molecule has 4 heteroatoms. The van der Waals surface area contributed by atoms with Gasteiger partial charge >= 0.3 is 0 Å². The van der Waals surface area contributed by atoms with Gasteiger partial charge in [0.15, 0.2) is 0 Å². The van der Waals surface area contributed by atoms with Crippen LogP contribution in [0.5, 0.6) is 5.75 Å². The van der Waals surface area contributed by atoms with Crippen molar-refractivity contribution in [3.05, 3.63) is 24.3 Å². The minimum Gasteiger partial charge on any atom is -0.497 e. The average Bonchev–Trinajstić information content (AvgIpc) is 2.97. The average molecular weight is 192 g/mol. The maximum absolute atomic E-state index is 10.8. The molecule has 1 aliphatic rings. The molecule has 14 heavy (non-hydrogen) atoms. The molecule has 0 saturated carbocycles. The maximum atomic E-state index is 10.8. The number of hydrogen-bond donors (Lipinski definition) is 1. The number of carbonyl (C=O) groups is 1. The number of nitrogens with two attached hydrogens (primary N) is 1. The van der Waals surface area contributed by atoms with E-state index in [1.807, 2.05) is 29.2 Å². The van der Waals surface area contributed by atoms with Gasteiger partial charge in [0.1, 0.15) is 11.8 Å². The van der Waals surface area contributed by atoms with Gasteiger partial charge < -0.3 is 15.4 Å². The zero-order valence-electron chi connectivity index (χ0n) is 7.93. The van der Waals surface area contributed by atoms with Gasteiger partial charge in [-0.25, -0.2) is 0 Å². The Morgan fingerprint density at radius 3 is 2.57 bits per heavy atom. The molecule has 2 N–H and O–H groups in total. The highest BCUT2D eigenvalue weighted by atomic mass is 16.5. The van der Waals surface area contributed by atoms with E-state index >= 15 is 0 Å². The molecule has 1 atom stereocenters. The van der Waals surface area contributed by atoms with Crippen LogP contribution < -0.4 is 15.4 Å². The third kappa shape index (κ3) is 1.51. The minimum atomic E-state index is -0.263. The molecule has 0 bridgehead atoms. The van der Waals surface area contributed by atoms with Crippen LogP contribution in [-0.4, -0.2) is 25.6 Å². The van der Waals surface area contributed by atoms with Crippen molar-refractivity contribution in [2.75, 3.05) is 18.6 Å². The Bertz CT molecular complexity index is 348. The molecule has 1 aromatic carbocycles. The summed E-state index contributed by atoms with van der Waals surface area (Å²) in [6.07, 6.45) is 0. The van der Waals surface area contributed by atoms with Gasteiger partial charge in [-0.3, -0.25) is 4.79 Å². The van der Waals surface area contributed by atoms with Crippen LogP contribution >= 0.6 is 0 Å². The van der Waals surface area contributed by atoms with Crippen molar-refractivity contribution in [1.82, 2.24) is 0 Å². The summed E-state index contributed by atoms with van der Waals surface area (Å²) in [6.45, 7) is 0.724. The number of rotatable bonds is 3. The lowest BCUT2D eigenvalue weighted by molar-refractivity contribution is -0.117. The van der Waals surface area contributed by atoms with Gasteiger partial charge in [0.25, 0.3) is 0 Å². The molecular formula is C10H12N2O2. The number of primary amides is 1. The number of hydrogen-bond acceptors (Lipinski definition) is 3. The summed E-state index contributed by atoms with van der Waals surface area (Å²) in [7, 11) is 1.62. The molecular weight excluding hydrogens is 180 g/mol. The molecule has 4 nitrogen and oxygen atoms in total. The second kappa shape index (κ2) is 3.21. The van der Waals surface area contributed by atoms with Crippen LogP contribution in [0.3, 0.4) is 0 Å². The fourth-order valence-electron chi connectivity index (χ4n) is 1.44. The third-order valence-corrected chi connectivity index (χ3v) is 2.34. The second-order valence-corrected chi connectivity index (χ2v) is 3.27. The Hall–Kier alpha value is -1.71. The highest BCUT2D eigenvalue weighted by Gasteiger charge is 2.38. The number of methoxy groups -OCH3 is 1. The number of anilines is 1. The highest BCUT2D eigenvalue weighted by Crippen LogP contribution is 2.28. The van der Waals surface area contributed by atoms with E-state index in [1.165, 1.54) is 0 Å². The first kappa shape index (κ1) is 8.87. The standard InChI is InChI=1S/C10H12N2O2/c1-14-8-4-2-7(3-5-8)12-6-9(12)10(11)13/h2-5,9H,6H2,1H3,(H2,11,13)/t9-,12?/m1/s1. The van der Waals surface area contributed by atoms with E-state index in [1.54, 1.807) is 7.11 Å². The first-order chi connectivity index (χ1) is 6.72. The topological polar surface area (TPSA) is 55.3 Å². The van der Waals surface area contributed by atoms with Crippen molar-refractivity contribution in [3.8, 4) is 5.75 Å². The first-order valence-corrected chi connectivity index (χ1v) is 4.42. The van der Waals surface area contributed by atoms with Gasteiger partial charge in [-0.2, -0.15) is 0 Å². The first-order valence-electron chi connectivity index (χ1n) is 4.42. The Morgan fingerprint density at radius 1 is 1.50 bits per heavy atom. The predicted molar refractivity (Wildman–Crippen MR) is 53.3 cm³/mol. The summed E-state index contributed by atoms with van der Waals surface area (Å²) in [5, 5.41) is 0. The summed E-state index contributed by atoms with van der Waals surface area (Å²) in [5.41, 5.74) is 6.19. The Morgan fingerprint density at radius 2 is 2.14 bits per heavy atom. The number of benzene rings is 1. The van der Waals surface area contributed by atoms with Crippen LogP contribution in [0.4, 0.5) is 5.69 Å². The zero-order chi connectivity index (χ0) is 10.1. The van der Waals surface area contributed by atoms with Crippen molar-refractivity contribution in [2.45, 2.75) is 6.04 Å². The molecule has 1 aromatic rings. The molecule has 1 heterocycles. The molecule has 0 aliphatic carbocycles. The van der Waals surface area contributed by atoms with Crippen molar-refractivity contribution >= 4 is 11.6 Å². The highest BCUT2D eigenvalue weighted by molar-refractivity contribution is 5.89. The summed E-state index contributed by atoms with van der Waals surface area (Å²) in [4.78, 5) is 12.8. The van der Waals surface area contributed by atoms with Crippen LogP contribution in [0.2, 0.25) is 0 Å². The van der Waals surface area contributed by atoms with E-state index in [-0.39, 0.29) is 11.9 Å². The van der Waals surface area contributed by atoms with Crippen molar-refractivity contribution < 1.29 is 9.53 Å². The Labute approximate surface area is 82.3 Å². The van der Waals surface area contributed by atoms with Gasteiger partial charge in [0.2, 0.25) is 5.91 Å². The molecule has 0 unspecified atom stereocenters. The van der Waals surface area contributed by atoms with E-state index in [2.05, 4.69) is 0 Å². The lowest BCUT2D eigenvalue weighted by Gasteiger charge is -2.05. The fourth-order valence-corrected chi connectivity index (χ4v) is 1.44. The summed E-state index contributed by atoms with van der Waals surface area (Å²) < 4.78 is 5.03. The largest absolute Gasteiger partial charge is 0.497 e. The fraction of sp³-hybridized carbons (Fsp3) is 0.300. The Kier molecular flexibility index (Phi) is 2.04. The van der Waals surface area contributed by atoms with Crippen LogP contribution in [0.1, 0.15) is 0 Å². The molecule has 0 spiro atoms. The second-order valence-electron chi connectivity index (χ2n) is 3.27. The van der Waals surface area contributed by atoms with Crippen molar-refractivity contribution in [1.29, 1.82) is 0 Å². The molecule has 2 rings (SSSR count). The molecule has 1 aliphatic heterocycles. The van der Waals surface area contributed by atoms with Crippen LogP contribution in [0, 0.1) is 0 Å². The quantitative estimate of drug-likeness (QED) is 0.704. The molecule has 0 aromatic heterocycles. The summed E-state index contributed by atoms with van der Waals surface area (Å²) in [5.74, 6) is 0.548. The summed E-state index contributed by atoms with van der Waals surface area (Å²) >= 11 is 0. The Balaban J connectivity index is 2.08. The SMILES string of the molecule is COc1ccc(N2C[C@@H]2C(N)=O)cc1. The number of carbonyl (C=O) groups excluding carboxylic acids is 1. The molecule has 1 amide bonds. The van der Waals surface area contributed by atoms with Crippen molar-refractivity contribution in [2.24, 2.45) is 5.73 Å². The van der Waals surface area contributed by atoms with Crippen LogP contribution in [0.25, 0.3) is 0 Å². The number of amides is 1. The predicted octanol–water partition coefficient (Wildman–Crippen LogP) is 0.369. The van der Waals surface area contributed by atoms with Gasteiger partial charge in [-0.15, -0.1) is 0 Å². The van der Waals surface area contributed by atoms with E-state index < -0.39 is 0 Å². The monoisotopic (exact) mass is 192 g/mol. The van der Waals surface area contributed by atoms with Crippen LogP contribution in [0.15, 0.2) is 24.3 Å². The number of ether oxygens (including phenoxy) is 1. The normalized spacial score (nSPS) is 19.2. The number of nitrogens with zero attached hydrogens (tertiary/aromatic N) is 1. The van der Waals surface area contributed by atoms with Gasteiger partial charge in [-0.1, -0.05) is 0 Å². The maximum Gasteiger partial charge on any atom is 0.241 e.